The van der Waals surface area contributed by atoms with Crippen molar-refractivity contribution in [2.75, 3.05) is 11.9 Å². The van der Waals surface area contributed by atoms with Crippen molar-refractivity contribution in [1.29, 1.82) is 0 Å². The molecule has 2 amide bonds. The summed E-state index contributed by atoms with van der Waals surface area (Å²) in [6, 6.07) is 11.3. The lowest BCUT2D eigenvalue weighted by molar-refractivity contribution is -0.136. The molecule has 0 radical (unpaired) electrons. The zero-order valence-electron chi connectivity index (χ0n) is 12.7. The van der Waals surface area contributed by atoms with Crippen molar-refractivity contribution in [2.24, 2.45) is 0 Å². The summed E-state index contributed by atoms with van der Waals surface area (Å²) >= 11 is 0. The summed E-state index contributed by atoms with van der Waals surface area (Å²) in [4.78, 5) is 27.8. The molecule has 1 aromatic heterocycles. The maximum absolute atomic E-state index is 11.9. The van der Waals surface area contributed by atoms with Crippen LogP contribution < -0.4 is 10.6 Å². The normalized spacial score (nSPS) is 10.1. The highest BCUT2D eigenvalue weighted by atomic mass is 16.2. The minimum Gasteiger partial charge on any atom is -0.347 e. The van der Waals surface area contributed by atoms with Crippen LogP contribution in [0.2, 0.25) is 0 Å². The number of nitrogens with zero attached hydrogens (tertiary/aromatic N) is 1. The molecule has 0 atom stereocenters. The first kappa shape index (κ1) is 15.7. The quantitative estimate of drug-likeness (QED) is 0.848. The minimum absolute atomic E-state index is 0.371. The lowest BCUT2D eigenvalue weighted by Gasteiger charge is -2.09. The van der Waals surface area contributed by atoms with E-state index in [9.17, 15) is 9.59 Å². The largest absolute Gasteiger partial charge is 0.347 e. The topological polar surface area (TPSA) is 71.1 Å². The van der Waals surface area contributed by atoms with Gasteiger partial charge in [-0.1, -0.05) is 18.2 Å². The average Bonchev–Trinajstić information content (AvgIpc) is 2.52. The molecule has 0 fully saturated rings. The summed E-state index contributed by atoms with van der Waals surface area (Å²) in [7, 11) is 0. The van der Waals surface area contributed by atoms with Crippen molar-refractivity contribution in [3.63, 3.8) is 0 Å². The molecule has 0 aliphatic carbocycles. The molecule has 0 bridgehead atoms. The minimum atomic E-state index is -0.658. The van der Waals surface area contributed by atoms with Crippen LogP contribution in [0.25, 0.3) is 0 Å². The second-order valence-electron chi connectivity index (χ2n) is 5.10. The highest BCUT2D eigenvalue weighted by molar-refractivity contribution is 6.39. The molecule has 0 aliphatic heterocycles. The number of carbonyl (C=O) groups is 2. The van der Waals surface area contributed by atoms with Gasteiger partial charge in [-0.3, -0.25) is 14.6 Å². The molecule has 2 aromatic rings. The van der Waals surface area contributed by atoms with Crippen LogP contribution in [0.15, 0.2) is 42.6 Å². The Hall–Kier alpha value is -2.69. The number of carbonyl (C=O) groups excluding carboxylic acids is 2. The highest BCUT2D eigenvalue weighted by Crippen LogP contribution is 2.15. The zero-order chi connectivity index (χ0) is 15.9. The van der Waals surface area contributed by atoms with Gasteiger partial charge in [0.15, 0.2) is 0 Å². The molecule has 0 aliphatic rings. The van der Waals surface area contributed by atoms with E-state index < -0.39 is 11.8 Å². The summed E-state index contributed by atoms with van der Waals surface area (Å²) < 4.78 is 0. The van der Waals surface area contributed by atoms with Gasteiger partial charge >= 0.3 is 11.8 Å². The van der Waals surface area contributed by atoms with E-state index in [0.717, 1.165) is 16.8 Å². The van der Waals surface area contributed by atoms with E-state index >= 15 is 0 Å². The van der Waals surface area contributed by atoms with Crippen LogP contribution >= 0.6 is 0 Å². The summed E-state index contributed by atoms with van der Waals surface area (Å²) in [5.41, 5.74) is 3.47. The van der Waals surface area contributed by atoms with E-state index in [1.54, 1.807) is 6.20 Å². The summed E-state index contributed by atoms with van der Waals surface area (Å²) in [5, 5.41) is 5.23. The molecule has 1 aromatic carbocycles. The van der Waals surface area contributed by atoms with E-state index in [-0.39, 0.29) is 0 Å². The number of aromatic nitrogens is 1. The first-order chi connectivity index (χ1) is 10.6. The molecular weight excluding hydrogens is 278 g/mol. The van der Waals surface area contributed by atoms with Crippen LogP contribution in [0.5, 0.6) is 0 Å². The predicted octanol–water partition coefficient (Wildman–Crippen LogP) is 2.00. The van der Waals surface area contributed by atoms with Crippen molar-refractivity contribution < 1.29 is 9.59 Å². The molecule has 2 rings (SSSR count). The van der Waals surface area contributed by atoms with Crippen molar-refractivity contribution in [3.05, 3.63) is 59.4 Å². The Morgan fingerprint density at radius 2 is 1.91 bits per heavy atom. The summed E-state index contributed by atoms with van der Waals surface area (Å²) in [6.45, 7) is 4.19. The van der Waals surface area contributed by atoms with Crippen molar-refractivity contribution in [1.82, 2.24) is 10.3 Å². The van der Waals surface area contributed by atoms with E-state index in [1.165, 1.54) is 0 Å². The van der Waals surface area contributed by atoms with Gasteiger partial charge in [-0.2, -0.15) is 0 Å². The highest BCUT2D eigenvalue weighted by Gasteiger charge is 2.14. The summed E-state index contributed by atoms with van der Waals surface area (Å²) in [5.74, 6) is -1.30. The third-order valence-corrected chi connectivity index (χ3v) is 3.24. The first-order valence-corrected chi connectivity index (χ1v) is 7.12. The van der Waals surface area contributed by atoms with Crippen LogP contribution in [0.4, 0.5) is 5.69 Å². The molecule has 2 N–H and O–H groups in total. The Morgan fingerprint density at radius 3 is 2.64 bits per heavy atom. The number of amides is 2. The molecule has 1 heterocycles. The number of anilines is 1. The molecule has 0 unspecified atom stereocenters. The molecule has 0 saturated heterocycles. The fourth-order valence-corrected chi connectivity index (χ4v) is 1.98. The molecule has 5 heteroatoms. The molecular formula is C17H19N3O2. The molecule has 0 spiro atoms. The van der Waals surface area contributed by atoms with Gasteiger partial charge in [-0.15, -0.1) is 0 Å². The van der Waals surface area contributed by atoms with Crippen LogP contribution in [0, 0.1) is 13.8 Å². The molecule has 22 heavy (non-hydrogen) atoms. The maximum Gasteiger partial charge on any atom is 0.313 e. The Labute approximate surface area is 129 Å². The number of aryl methyl sites for hydroxylation is 2. The summed E-state index contributed by atoms with van der Waals surface area (Å²) in [6.07, 6.45) is 2.29. The van der Waals surface area contributed by atoms with E-state index in [0.29, 0.717) is 18.7 Å². The zero-order valence-corrected chi connectivity index (χ0v) is 12.7. The molecule has 0 saturated carbocycles. The van der Waals surface area contributed by atoms with E-state index in [1.807, 2.05) is 50.2 Å². The van der Waals surface area contributed by atoms with Gasteiger partial charge in [0, 0.05) is 30.5 Å². The standard InChI is InChI=1S/C17H19N3O2/c1-12-6-7-13(2)15(11-12)20-17(22)16(21)19-10-8-14-5-3-4-9-18-14/h3-7,9,11H,8,10H2,1-2H3,(H,19,21)(H,20,22). The van der Waals surface area contributed by atoms with E-state index in [2.05, 4.69) is 15.6 Å². The van der Waals surface area contributed by atoms with Crippen molar-refractivity contribution in [3.8, 4) is 0 Å². The van der Waals surface area contributed by atoms with Gasteiger partial charge < -0.3 is 10.6 Å². The van der Waals surface area contributed by atoms with E-state index in [4.69, 9.17) is 0 Å². The van der Waals surface area contributed by atoms with Crippen molar-refractivity contribution in [2.45, 2.75) is 20.3 Å². The smallest absolute Gasteiger partial charge is 0.313 e. The third-order valence-electron chi connectivity index (χ3n) is 3.24. The molecule has 5 nitrogen and oxygen atoms in total. The number of benzene rings is 1. The van der Waals surface area contributed by atoms with Crippen LogP contribution in [0.3, 0.4) is 0 Å². The first-order valence-electron chi connectivity index (χ1n) is 7.12. The monoisotopic (exact) mass is 297 g/mol. The van der Waals surface area contributed by atoms with Gasteiger partial charge in [0.05, 0.1) is 0 Å². The van der Waals surface area contributed by atoms with Gasteiger partial charge in [-0.05, 0) is 43.2 Å². The SMILES string of the molecule is Cc1ccc(C)c(NC(=O)C(=O)NCCc2ccccn2)c1. The van der Waals surface area contributed by atoms with Crippen molar-refractivity contribution >= 4 is 17.5 Å². The fraction of sp³-hybridized carbons (Fsp3) is 0.235. The Bertz CT molecular complexity index is 669. The Balaban J connectivity index is 1.84. The average molecular weight is 297 g/mol. The number of rotatable bonds is 4. The number of hydrogen-bond donors (Lipinski definition) is 2. The van der Waals surface area contributed by atoms with Crippen LogP contribution in [-0.2, 0) is 16.0 Å². The predicted molar refractivity (Wildman–Crippen MR) is 85.5 cm³/mol. The number of nitrogens with one attached hydrogen (secondary N) is 2. The number of pyridine rings is 1. The number of hydrogen-bond acceptors (Lipinski definition) is 3. The van der Waals surface area contributed by atoms with Gasteiger partial charge in [0.2, 0.25) is 0 Å². The second-order valence-corrected chi connectivity index (χ2v) is 5.10. The lowest BCUT2D eigenvalue weighted by Crippen LogP contribution is -2.36. The van der Waals surface area contributed by atoms with Gasteiger partial charge in [0.25, 0.3) is 0 Å². The van der Waals surface area contributed by atoms with Gasteiger partial charge in [0.1, 0.15) is 0 Å². The van der Waals surface area contributed by atoms with Crippen LogP contribution in [0.1, 0.15) is 16.8 Å². The Morgan fingerprint density at radius 1 is 1.09 bits per heavy atom. The molecule has 114 valence electrons. The third kappa shape index (κ3) is 4.41. The lowest BCUT2D eigenvalue weighted by atomic mass is 10.1. The van der Waals surface area contributed by atoms with Gasteiger partial charge in [-0.25, -0.2) is 0 Å². The second kappa shape index (κ2) is 7.36. The van der Waals surface area contributed by atoms with Crippen LogP contribution in [-0.4, -0.2) is 23.3 Å². The fourth-order valence-electron chi connectivity index (χ4n) is 1.98. The maximum atomic E-state index is 11.9. The Kier molecular flexibility index (Phi) is 5.25.